The third-order valence-corrected chi connectivity index (χ3v) is 5.65. The smallest absolute Gasteiger partial charge is 0.257 e. The number of aryl methyl sites for hydroxylation is 1. The summed E-state index contributed by atoms with van der Waals surface area (Å²) in [7, 11) is 3.22. The van der Waals surface area contributed by atoms with E-state index in [0.29, 0.717) is 46.4 Å². The summed E-state index contributed by atoms with van der Waals surface area (Å²) in [5.41, 5.74) is 4.27. The number of carbonyl (C=O) groups is 1. The minimum atomic E-state index is -0.283. The van der Waals surface area contributed by atoms with Crippen LogP contribution < -0.4 is 14.8 Å². The zero-order chi connectivity index (χ0) is 24.4. The average molecular weight is 470 g/mol. The lowest BCUT2D eigenvalue weighted by molar-refractivity contribution is 0.102. The van der Waals surface area contributed by atoms with E-state index in [-0.39, 0.29) is 5.91 Å². The predicted octanol–water partition coefficient (Wildman–Crippen LogP) is 4.11. The molecule has 0 atom stereocenters. The minimum Gasteiger partial charge on any atom is -0.497 e. The molecule has 0 spiro atoms. The van der Waals surface area contributed by atoms with Crippen molar-refractivity contribution in [2.75, 3.05) is 19.5 Å². The minimum absolute atomic E-state index is 0.283. The first kappa shape index (κ1) is 22.1. The Morgan fingerprint density at radius 3 is 2.74 bits per heavy atom. The van der Waals surface area contributed by atoms with E-state index in [1.807, 2.05) is 37.3 Å². The second kappa shape index (κ2) is 9.26. The SMILES string of the molecule is COc1ccc(Cn2ncc3cc(C(=O)Nc4cc(-c5nnco5)ccc4C)cnc32)c(OC)c1. The van der Waals surface area contributed by atoms with E-state index in [1.54, 1.807) is 37.2 Å². The van der Waals surface area contributed by atoms with Gasteiger partial charge in [0.15, 0.2) is 5.65 Å². The molecule has 0 aliphatic carbocycles. The number of anilines is 1. The standard InChI is InChI=1S/C25H22N6O4/c1-15-4-5-16(25-30-27-14-35-25)9-21(15)29-24(32)19-8-18-12-28-31(23(18)26-11-19)13-17-6-7-20(33-2)10-22(17)34-3/h4-12,14H,13H2,1-3H3,(H,29,32). The first-order chi connectivity index (χ1) is 17.1. The van der Waals surface area contributed by atoms with E-state index in [1.165, 1.54) is 12.6 Å². The number of fused-ring (bicyclic) bond motifs is 1. The van der Waals surface area contributed by atoms with E-state index in [2.05, 4.69) is 25.6 Å². The van der Waals surface area contributed by atoms with Crippen LogP contribution in [0.2, 0.25) is 0 Å². The monoisotopic (exact) mass is 470 g/mol. The number of benzene rings is 2. The molecule has 10 nitrogen and oxygen atoms in total. The van der Waals surface area contributed by atoms with Crippen LogP contribution in [0.1, 0.15) is 21.5 Å². The van der Waals surface area contributed by atoms with Crippen molar-refractivity contribution in [2.45, 2.75) is 13.5 Å². The molecule has 5 rings (SSSR count). The highest BCUT2D eigenvalue weighted by molar-refractivity contribution is 6.06. The molecule has 1 N–H and O–H groups in total. The second-order valence-corrected chi connectivity index (χ2v) is 7.84. The summed E-state index contributed by atoms with van der Waals surface area (Å²) >= 11 is 0. The Morgan fingerprint density at radius 1 is 1.09 bits per heavy atom. The van der Waals surface area contributed by atoms with Crippen LogP contribution in [0, 0.1) is 6.92 Å². The summed E-state index contributed by atoms with van der Waals surface area (Å²) in [6.07, 6.45) is 4.49. The first-order valence-corrected chi connectivity index (χ1v) is 10.8. The number of nitrogens with zero attached hydrogens (tertiary/aromatic N) is 5. The van der Waals surface area contributed by atoms with Gasteiger partial charge in [-0.2, -0.15) is 5.10 Å². The van der Waals surface area contributed by atoms with Crippen molar-refractivity contribution in [1.29, 1.82) is 0 Å². The van der Waals surface area contributed by atoms with Gasteiger partial charge in [-0.15, -0.1) is 10.2 Å². The number of nitrogens with one attached hydrogen (secondary N) is 1. The lowest BCUT2D eigenvalue weighted by Gasteiger charge is -2.11. The number of rotatable bonds is 7. The molecule has 2 aromatic carbocycles. The molecule has 0 saturated carbocycles. The molecular weight excluding hydrogens is 448 g/mol. The van der Waals surface area contributed by atoms with Crippen molar-refractivity contribution in [3.63, 3.8) is 0 Å². The van der Waals surface area contributed by atoms with E-state index in [4.69, 9.17) is 13.9 Å². The summed E-state index contributed by atoms with van der Waals surface area (Å²) in [5.74, 6) is 1.50. The maximum absolute atomic E-state index is 13.0. The molecular formula is C25H22N6O4. The number of amides is 1. The van der Waals surface area contributed by atoms with Crippen LogP contribution in [0.5, 0.6) is 11.5 Å². The van der Waals surface area contributed by atoms with Crippen LogP contribution in [0.25, 0.3) is 22.5 Å². The number of carbonyl (C=O) groups excluding carboxylic acids is 1. The molecule has 0 bridgehead atoms. The van der Waals surface area contributed by atoms with Gasteiger partial charge in [0.1, 0.15) is 11.5 Å². The molecule has 5 aromatic rings. The average Bonchev–Trinajstić information content (AvgIpc) is 3.56. The van der Waals surface area contributed by atoms with E-state index >= 15 is 0 Å². The van der Waals surface area contributed by atoms with E-state index in [0.717, 1.165) is 16.5 Å². The summed E-state index contributed by atoms with van der Waals surface area (Å²) in [6, 6.07) is 12.9. The molecule has 0 radical (unpaired) electrons. The molecule has 0 saturated heterocycles. The van der Waals surface area contributed by atoms with E-state index in [9.17, 15) is 4.79 Å². The number of aromatic nitrogens is 5. The predicted molar refractivity (Wildman–Crippen MR) is 129 cm³/mol. The van der Waals surface area contributed by atoms with Crippen LogP contribution in [-0.4, -0.2) is 45.1 Å². The highest BCUT2D eigenvalue weighted by atomic mass is 16.5. The van der Waals surface area contributed by atoms with Crippen molar-refractivity contribution in [1.82, 2.24) is 25.0 Å². The quantitative estimate of drug-likeness (QED) is 0.378. The first-order valence-electron chi connectivity index (χ1n) is 10.8. The Labute approximate surface area is 200 Å². The maximum Gasteiger partial charge on any atom is 0.257 e. The fraction of sp³-hybridized carbons (Fsp3) is 0.160. The fourth-order valence-electron chi connectivity index (χ4n) is 3.74. The number of hydrogen-bond donors (Lipinski definition) is 1. The number of hydrogen-bond acceptors (Lipinski definition) is 8. The lowest BCUT2D eigenvalue weighted by atomic mass is 10.1. The summed E-state index contributed by atoms with van der Waals surface area (Å²) in [4.78, 5) is 17.5. The van der Waals surface area contributed by atoms with Gasteiger partial charge in [0.25, 0.3) is 5.91 Å². The third kappa shape index (κ3) is 4.41. The van der Waals surface area contributed by atoms with Gasteiger partial charge >= 0.3 is 0 Å². The van der Waals surface area contributed by atoms with Gasteiger partial charge in [-0.25, -0.2) is 9.67 Å². The normalized spacial score (nSPS) is 10.9. The third-order valence-electron chi connectivity index (χ3n) is 5.65. The van der Waals surface area contributed by atoms with Crippen molar-refractivity contribution < 1.29 is 18.7 Å². The highest BCUT2D eigenvalue weighted by Crippen LogP contribution is 2.27. The van der Waals surface area contributed by atoms with Crippen LogP contribution in [0.15, 0.2) is 65.7 Å². The van der Waals surface area contributed by atoms with Gasteiger partial charge < -0.3 is 19.2 Å². The van der Waals surface area contributed by atoms with Gasteiger partial charge in [0, 0.05) is 34.5 Å². The van der Waals surface area contributed by atoms with Gasteiger partial charge in [-0.1, -0.05) is 6.07 Å². The summed E-state index contributed by atoms with van der Waals surface area (Å²) < 4.78 is 17.8. The van der Waals surface area contributed by atoms with Crippen molar-refractivity contribution in [2.24, 2.45) is 0 Å². The molecule has 1 amide bonds. The molecule has 0 unspecified atom stereocenters. The topological polar surface area (TPSA) is 117 Å². The van der Waals surface area contributed by atoms with Crippen molar-refractivity contribution >= 4 is 22.6 Å². The van der Waals surface area contributed by atoms with Crippen molar-refractivity contribution in [3.8, 4) is 23.0 Å². The van der Waals surface area contributed by atoms with Crippen LogP contribution in [-0.2, 0) is 6.54 Å². The van der Waals surface area contributed by atoms with Crippen LogP contribution >= 0.6 is 0 Å². The molecule has 0 aliphatic heterocycles. The fourth-order valence-corrected chi connectivity index (χ4v) is 3.74. The Kier molecular flexibility index (Phi) is 5.84. The van der Waals surface area contributed by atoms with Gasteiger partial charge in [0.05, 0.1) is 32.5 Å². The molecule has 176 valence electrons. The van der Waals surface area contributed by atoms with Gasteiger partial charge in [-0.3, -0.25) is 4.79 Å². The zero-order valence-electron chi connectivity index (χ0n) is 19.3. The van der Waals surface area contributed by atoms with E-state index < -0.39 is 0 Å². The number of ether oxygens (including phenoxy) is 2. The number of methoxy groups -OCH3 is 2. The maximum atomic E-state index is 13.0. The zero-order valence-corrected chi connectivity index (χ0v) is 19.3. The van der Waals surface area contributed by atoms with Crippen LogP contribution in [0.4, 0.5) is 5.69 Å². The Bertz CT molecular complexity index is 1510. The largest absolute Gasteiger partial charge is 0.497 e. The van der Waals surface area contributed by atoms with Gasteiger partial charge in [0.2, 0.25) is 12.3 Å². The number of pyridine rings is 1. The van der Waals surface area contributed by atoms with Crippen molar-refractivity contribution in [3.05, 3.63) is 77.9 Å². The molecule has 0 fully saturated rings. The molecule has 3 aromatic heterocycles. The van der Waals surface area contributed by atoms with Gasteiger partial charge in [-0.05, 0) is 42.8 Å². The highest BCUT2D eigenvalue weighted by Gasteiger charge is 2.15. The molecule has 0 aliphatic rings. The summed E-state index contributed by atoms with van der Waals surface area (Å²) in [5, 5.41) is 15.8. The second-order valence-electron chi connectivity index (χ2n) is 7.84. The molecule has 10 heteroatoms. The lowest BCUT2D eigenvalue weighted by Crippen LogP contribution is -2.13. The Balaban J connectivity index is 1.38. The Morgan fingerprint density at radius 2 is 1.97 bits per heavy atom. The molecule has 35 heavy (non-hydrogen) atoms. The molecule has 3 heterocycles. The Hall–Kier alpha value is -4.73. The van der Waals surface area contributed by atoms with Crippen LogP contribution in [0.3, 0.4) is 0 Å². The summed E-state index contributed by atoms with van der Waals surface area (Å²) in [6.45, 7) is 2.36.